The number of nitrogens with one attached hydrogen (secondary N) is 1. The molecule has 1 aliphatic rings. The van der Waals surface area contributed by atoms with E-state index in [9.17, 15) is 14.4 Å². The van der Waals surface area contributed by atoms with Crippen molar-refractivity contribution in [1.82, 2.24) is 0 Å². The van der Waals surface area contributed by atoms with Crippen molar-refractivity contribution in [2.24, 2.45) is 0 Å². The lowest BCUT2D eigenvalue weighted by atomic mass is 10.1. The van der Waals surface area contributed by atoms with E-state index in [1.807, 2.05) is 26.0 Å². The Hall–Kier alpha value is -3.15. The molecular weight excluding hydrogens is 423 g/mol. The summed E-state index contributed by atoms with van der Waals surface area (Å²) < 4.78 is 0. The SMILES string of the molecule is Cc1cccc(NC(=O)c2ccccc2N2C(=O)c3cc(Cl)c(Cl)cc3C2=O)c1C. The van der Waals surface area contributed by atoms with Gasteiger partial charge < -0.3 is 5.32 Å². The van der Waals surface area contributed by atoms with Crippen LogP contribution < -0.4 is 10.2 Å². The summed E-state index contributed by atoms with van der Waals surface area (Å²) in [5, 5.41) is 3.23. The van der Waals surface area contributed by atoms with Crippen LogP contribution in [0, 0.1) is 13.8 Å². The first-order valence-electron chi connectivity index (χ1n) is 9.14. The number of carbonyl (C=O) groups is 3. The van der Waals surface area contributed by atoms with Crippen LogP contribution in [0.3, 0.4) is 0 Å². The predicted molar refractivity (Wildman–Crippen MR) is 118 cm³/mol. The molecule has 0 atom stereocenters. The van der Waals surface area contributed by atoms with Crippen LogP contribution in [0.5, 0.6) is 0 Å². The maximum absolute atomic E-state index is 13.0. The molecule has 3 aromatic carbocycles. The van der Waals surface area contributed by atoms with E-state index in [1.54, 1.807) is 30.3 Å². The molecule has 4 rings (SSSR count). The highest BCUT2D eigenvalue weighted by Gasteiger charge is 2.39. The molecule has 1 aliphatic heterocycles. The second-order valence-electron chi connectivity index (χ2n) is 6.98. The van der Waals surface area contributed by atoms with Crippen molar-refractivity contribution in [3.8, 4) is 0 Å². The molecule has 3 amide bonds. The molecular formula is C23H16Cl2N2O3. The highest BCUT2D eigenvalue weighted by atomic mass is 35.5. The van der Waals surface area contributed by atoms with Gasteiger partial charge in [-0.25, -0.2) is 4.90 Å². The zero-order valence-electron chi connectivity index (χ0n) is 16.1. The number of para-hydroxylation sites is 1. The van der Waals surface area contributed by atoms with E-state index in [1.165, 1.54) is 12.1 Å². The van der Waals surface area contributed by atoms with Crippen LogP contribution in [0.2, 0.25) is 10.0 Å². The van der Waals surface area contributed by atoms with E-state index in [-0.39, 0.29) is 32.4 Å². The second kappa shape index (κ2) is 7.59. The zero-order valence-corrected chi connectivity index (χ0v) is 17.6. The summed E-state index contributed by atoms with van der Waals surface area (Å²) in [5.41, 5.74) is 3.33. The van der Waals surface area contributed by atoms with E-state index in [0.29, 0.717) is 5.69 Å². The van der Waals surface area contributed by atoms with Gasteiger partial charge in [0.15, 0.2) is 0 Å². The molecule has 0 bridgehead atoms. The molecule has 0 unspecified atom stereocenters. The van der Waals surface area contributed by atoms with Gasteiger partial charge in [0, 0.05) is 5.69 Å². The van der Waals surface area contributed by atoms with Crippen LogP contribution >= 0.6 is 23.2 Å². The highest BCUT2D eigenvalue weighted by Crippen LogP contribution is 2.35. The fourth-order valence-corrected chi connectivity index (χ4v) is 3.72. The van der Waals surface area contributed by atoms with Crippen molar-refractivity contribution in [2.45, 2.75) is 13.8 Å². The lowest BCUT2D eigenvalue weighted by molar-refractivity contribution is 0.0926. The number of anilines is 2. The Bertz CT molecular complexity index is 1200. The monoisotopic (exact) mass is 438 g/mol. The minimum Gasteiger partial charge on any atom is -0.322 e. The molecule has 5 nitrogen and oxygen atoms in total. The average molecular weight is 439 g/mol. The largest absolute Gasteiger partial charge is 0.322 e. The summed E-state index contributed by atoms with van der Waals surface area (Å²) in [5.74, 6) is -1.53. The number of halogens is 2. The molecule has 150 valence electrons. The summed E-state index contributed by atoms with van der Waals surface area (Å²) in [7, 11) is 0. The van der Waals surface area contributed by atoms with Gasteiger partial charge in [-0.1, -0.05) is 47.5 Å². The number of nitrogens with zero attached hydrogens (tertiary/aromatic N) is 1. The number of hydrogen-bond donors (Lipinski definition) is 1. The first kappa shape index (κ1) is 20.1. The molecule has 1 heterocycles. The molecule has 0 aliphatic carbocycles. The lowest BCUT2D eigenvalue weighted by Crippen LogP contribution is -2.31. The Labute approximate surface area is 183 Å². The summed E-state index contributed by atoms with van der Waals surface area (Å²) >= 11 is 12.0. The predicted octanol–water partition coefficient (Wildman–Crippen LogP) is 5.66. The van der Waals surface area contributed by atoms with Gasteiger partial charge in [0.25, 0.3) is 17.7 Å². The molecule has 0 saturated heterocycles. The van der Waals surface area contributed by atoms with E-state index in [2.05, 4.69) is 5.32 Å². The van der Waals surface area contributed by atoms with Gasteiger partial charge in [-0.2, -0.15) is 0 Å². The van der Waals surface area contributed by atoms with Crippen molar-refractivity contribution in [1.29, 1.82) is 0 Å². The van der Waals surface area contributed by atoms with Gasteiger partial charge in [-0.05, 0) is 55.3 Å². The Morgan fingerprint density at radius 1 is 0.867 bits per heavy atom. The number of hydrogen-bond acceptors (Lipinski definition) is 3. The van der Waals surface area contributed by atoms with Crippen molar-refractivity contribution in [3.05, 3.63) is 92.5 Å². The Morgan fingerprint density at radius 3 is 2.10 bits per heavy atom. The van der Waals surface area contributed by atoms with Gasteiger partial charge in [-0.15, -0.1) is 0 Å². The number of benzene rings is 3. The lowest BCUT2D eigenvalue weighted by Gasteiger charge is -2.18. The second-order valence-corrected chi connectivity index (χ2v) is 7.79. The molecule has 0 aromatic heterocycles. The molecule has 7 heteroatoms. The number of fused-ring (bicyclic) bond motifs is 1. The molecule has 1 N–H and O–H groups in total. The summed E-state index contributed by atoms with van der Waals surface area (Å²) in [4.78, 5) is 40.0. The van der Waals surface area contributed by atoms with Crippen LogP contribution in [0.1, 0.15) is 42.2 Å². The Balaban J connectivity index is 1.74. The number of amides is 3. The van der Waals surface area contributed by atoms with Gasteiger partial charge in [0.05, 0.1) is 32.4 Å². The quantitative estimate of drug-likeness (QED) is 0.536. The average Bonchev–Trinajstić information content (AvgIpc) is 2.95. The molecule has 0 spiro atoms. The van der Waals surface area contributed by atoms with Crippen LogP contribution in [0.25, 0.3) is 0 Å². The van der Waals surface area contributed by atoms with Crippen molar-refractivity contribution in [3.63, 3.8) is 0 Å². The Morgan fingerprint density at radius 2 is 1.47 bits per heavy atom. The summed E-state index contributed by atoms with van der Waals surface area (Å²) in [6, 6.07) is 14.8. The first-order valence-corrected chi connectivity index (χ1v) is 9.89. The minimum absolute atomic E-state index is 0.152. The number of aryl methyl sites for hydroxylation is 1. The summed E-state index contributed by atoms with van der Waals surface area (Å²) in [6.45, 7) is 3.86. The maximum atomic E-state index is 13.0. The number of imide groups is 1. The third-order valence-electron chi connectivity index (χ3n) is 5.17. The van der Waals surface area contributed by atoms with Crippen molar-refractivity contribution in [2.75, 3.05) is 10.2 Å². The van der Waals surface area contributed by atoms with Crippen LogP contribution in [-0.4, -0.2) is 17.7 Å². The van der Waals surface area contributed by atoms with Crippen molar-refractivity contribution >= 4 is 52.3 Å². The van der Waals surface area contributed by atoms with E-state index < -0.39 is 17.7 Å². The minimum atomic E-state index is -0.555. The first-order chi connectivity index (χ1) is 14.3. The molecule has 3 aromatic rings. The van der Waals surface area contributed by atoms with Crippen LogP contribution in [0.4, 0.5) is 11.4 Å². The Kier molecular flexibility index (Phi) is 5.10. The third-order valence-corrected chi connectivity index (χ3v) is 5.89. The van der Waals surface area contributed by atoms with Crippen LogP contribution in [-0.2, 0) is 0 Å². The maximum Gasteiger partial charge on any atom is 0.266 e. The van der Waals surface area contributed by atoms with Gasteiger partial charge >= 0.3 is 0 Å². The van der Waals surface area contributed by atoms with Gasteiger partial charge in [0.2, 0.25) is 0 Å². The number of carbonyl (C=O) groups excluding carboxylic acids is 3. The summed E-state index contributed by atoms with van der Waals surface area (Å²) in [6.07, 6.45) is 0. The standard InChI is InChI=1S/C23H16Cl2N2O3/c1-12-6-5-8-19(13(12)2)26-21(28)14-7-3-4-9-20(14)27-22(29)15-10-17(24)18(25)11-16(15)23(27)30/h3-11H,1-2H3,(H,26,28). The fraction of sp³-hybridized carbons (Fsp3) is 0.0870. The van der Waals surface area contributed by atoms with Gasteiger partial charge in [-0.3, -0.25) is 14.4 Å². The van der Waals surface area contributed by atoms with E-state index >= 15 is 0 Å². The van der Waals surface area contributed by atoms with Crippen molar-refractivity contribution < 1.29 is 14.4 Å². The van der Waals surface area contributed by atoms with E-state index in [4.69, 9.17) is 23.2 Å². The molecule has 0 fully saturated rings. The number of rotatable bonds is 3. The van der Waals surface area contributed by atoms with Gasteiger partial charge in [0.1, 0.15) is 0 Å². The normalized spacial score (nSPS) is 12.9. The zero-order chi connectivity index (χ0) is 21.6. The van der Waals surface area contributed by atoms with Crippen LogP contribution in [0.15, 0.2) is 54.6 Å². The molecule has 30 heavy (non-hydrogen) atoms. The van der Waals surface area contributed by atoms with E-state index in [0.717, 1.165) is 16.0 Å². The third kappa shape index (κ3) is 3.26. The topological polar surface area (TPSA) is 66.5 Å². The smallest absolute Gasteiger partial charge is 0.266 e. The molecule has 0 saturated carbocycles. The molecule has 0 radical (unpaired) electrons. The fourth-order valence-electron chi connectivity index (χ4n) is 3.39. The highest BCUT2D eigenvalue weighted by molar-refractivity contribution is 6.44.